The van der Waals surface area contributed by atoms with Crippen LogP contribution in [0.5, 0.6) is 0 Å². The van der Waals surface area contributed by atoms with Crippen molar-refractivity contribution in [2.45, 2.75) is 50.6 Å². The Morgan fingerprint density at radius 1 is 1.43 bits per heavy atom. The fourth-order valence-corrected chi connectivity index (χ4v) is 5.45. The molecule has 5 nitrogen and oxygen atoms in total. The average Bonchev–Trinajstić information content (AvgIpc) is 2.95. The van der Waals surface area contributed by atoms with Crippen LogP contribution < -0.4 is 10.0 Å². The van der Waals surface area contributed by atoms with Crippen molar-refractivity contribution in [3.8, 4) is 0 Å². The van der Waals surface area contributed by atoms with Gasteiger partial charge in [-0.15, -0.1) is 0 Å². The molecule has 1 aromatic rings. The first-order valence-corrected chi connectivity index (χ1v) is 9.61. The van der Waals surface area contributed by atoms with E-state index in [0.717, 1.165) is 19.3 Å². The second kappa shape index (κ2) is 6.81. The standard InChI is InChI=1S/C14H23BrN2O3S/c1-4-10-5-6-12(9(10)2)17-21(18,19)13-7-11(8-16-3)20-14(13)15/h7,9-10,12,16-17H,4-6,8H2,1-3H3. The molecule has 0 radical (unpaired) electrons. The molecule has 120 valence electrons. The van der Waals surface area contributed by atoms with E-state index in [2.05, 4.69) is 39.8 Å². The zero-order chi connectivity index (χ0) is 15.6. The molecule has 2 N–H and O–H groups in total. The molecule has 0 saturated heterocycles. The monoisotopic (exact) mass is 378 g/mol. The molecule has 7 heteroatoms. The predicted octanol–water partition coefficient (Wildman–Crippen LogP) is 2.86. The molecular weight excluding hydrogens is 356 g/mol. The van der Waals surface area contributed by atoms with Crippen LogP contribution in [0.4, 0.5) is 0 Å². The predicted molar refractivity (Wildman–Crippen MR) is 85.5 cm³/mol. The van der Waals surface area contributed by atoms with Crippen molar-refractivity contribution in [2.75, 3.05) is 7.05 Å². The maximum Gasteiger partial charge on any atom is 0.245 e. The Morgan fingerprint density at radius 3 is 2.71 bits per heavy atom. The van der Waals surface area contributed by atoms with Crippen molar-refractivity contribution in [3.05, 3.63) is 16.5 Å². The van der Waals surface area contributed by atoms with Gasteiger partial charge in [0.2, 0.25) is 10.0 Å². The van der Waals surface area contributed by atoms with E-state index >= 15 is 0 Å². The van der Waals surface area contributed by atoms with Gasteiger partial charge in [0.25, 0.3) is 0 Å². The van der Waals surface area contributed by atoms with E-state index in [1.807, 2.05) is 0 Å². The molecule has 1 aliphatic carbocycles. The minimum absolute atomic E-state index is 0.00880. The summed E-state index contributed by atoms with van der Waals surface area (Å²) in [6.45, 7) is 4.78. The summed E-state index contributed by atoms with van der Waals surface area (Å²) < 4.78 is 33.6. The third-order valence-corrected chi connectivity index (χ3v) is 6.75. The number of sulfonamides is 1. The van der Waals surface area contributed by atoms with Crippen molar-refractivity contribution < 1.29 is 12.8 Å². The van der Waals surface area contributed by atoms with E-state index < -0.39 is 10.0 Å². The molecule has 0 amide bonds. The van der Waals surface area contributed by atoms with E-state index in [9.17, 15) is 8.42 Å². The number of nitrogens with one attached hydrogen (secondary N) is 2. The van der Waals surface area contributed by atoms with Gasteiger partial charge in [-0.3, -0.25) is 0 Å². The number of halogens is 1. The van der Waals surface area contributed by atoms with Crippen molar-refractivity contribution >= 4 is 26.0 Å². The number of hydrogen-bond acceptors (Lipinski definition) is 4. The highest BCUT2D eigenvalue weighted by molar-refractivity contribution is 9.10. The molecule has 0 bridgehead atoms. The normalized spacial score (nSPS) is 26.4. The molecule has 21 heavy (non-hydrogen) atoms. The maximum atomic E-state index is 12.5. The first-order chi connectivity index (χ1) is 9.89. The first-order valence-electron chi connectivity index (χ1n) is 7.34. The summed E-state index contributed by atoms with van der Waals surface area (Å²) in [6, 6.07) is 1.58. The zero-order valence-corrected chi connectivity index (χ0v) is 15.1. The van der Waals surface area contributed by atoms with Crippen molar-refractivity contribution in [3.63, 3.8) is 0 Å². The topological polar surface area (TPSA) is 71.3 Å². The molecule has 3 unspecified atom stereocenters. The van der Waals surface area contributed by atoms with E-state index in [1.165, 1.54) is 0 Å². The minimum atomic E-state index is -3.55. The lowest BCUT2D eigenvalue weighted by atomic mass is 9.94. The third kappa shape index (κ3) is 3.70. The van der Waals surface area contributed by atoms with Crippen molar-refractivity contribution in [1.82, 2.24) is 10.0 Å². The maximum absolute atomic E-state index is 12.5. The quantitative estimate of drug-likeness (QED) is 0.798. The minimum Gasteiger partial charge on any atom is -0.452 e. The fourth-order valence-electron chi connectivity index (χ4n) is 3.10. The van der Waals surface area contributed by atoms with Gasteiger partial charge in [-0.1, -0.05) is 20.3 Å². The highest BCUT2D eigenvalue weighted by atomic mass is 79.9. The fraction of sp³-hybridized carbons (Fsp3) is 0.714. The molecule has 0 aromatic carbocycles. The number of hydrogen-bond donors (Lipinski definition) is 2. The Labute approximate surface area is 135 Å². The van der Waals surface area contributed by atoms with Gasteiger partial charge in [0.1, 0.15) is 10.7 Å². The van der Waals surface area contributed by atoms with Crippen molar-refractivity contribution in [1.29, 1.82) is 0 Å². The van der Waals surface area contributed by atoms with Crippen LogP contribution in [-0.2, 0) is 16.6 Å². The molecule has 1 saturated carbocycles. The number of furan rings is 1. The Kier molecular flexibility index (Phi) is 5.51. The molecule has 2 rings (SSSR count). The zero-order valence-electron chi connectivity index (χ0n) is 12.6. The smallest absolute Gasteiger partial charge is 0.245 e. The van der Waals surface area contributed by atoms with Crippen molar-refractivity contribution in [2.24, 2.45) is 11.8 Å². The van der Waals surface area contributed by atoms with E-state index in [1.54, 1.807) is 13.1 Å². The van der Waals surface area contributed by atoms with Gasteiger partial charge >= 0.3 is 0 Å². The van der Waals surface area contributed by atoms with Crippen LogP contribution in [-0.4, -0.2) is 21.5 Å². The molecule has 1 aromatic heterocycles. The van der Waals surface area contributed by atoms with Crippen LogP contribution in [0.25, 0.3) is 0 Å². The SMILES string of the molecule is CCC1CCC(NS(=O)(=O)c2cc(CNC)oc2Br)C1C. The molecule has 1 heterocycles. The largest absolute Gasteiger partial charge is 0.452 e. The van der Waals surface area contributed by atoms with Crippen LogP contribution in [0.1, 0.15) is 38.9 Å². The molecule has 1 aliphatic rings. The van der Waals surface area contributed by atoms with Gasteiger partial charge in [0, 0.05) is 12.1 Å². The second-order valence-corrected chi connectivity index (χ2v) is 8.12. The summed E-state index contributed by atoms with van der Waals surface area (Å²) in [5, 5.41) is 2.94. The lowest BCUT2D eigenvalue weighted by Gasteiger charge is -2.20. The first kappa shape index (κ1) is 17.0. The molecule has 3 atom stereocenters. The van der Waals surface area contributed by atoms with E-state index in [0.29, 0.717) is 24.1 Å². The van der Waals surface area contributed by atoms with Crippen LogP contribution >= 0.6 is 15.9 Å². The third-order valence-electron chi connectivity index (χ3n) is 4.40. The van der Waals surface area contributed by atoms with E-state index in [-0.39, 0.29) is 15.6 Å². The highest BCUT2D eigenvalue weighted by Gasteiger charge is 2.35. The summed E-state index contributed by atoms with van der Waals surface area (Å²) in [4.78, 5) is 0.180. The Hall–Kier alpha value is -0.370. The molecule has 0 aliphatic heterocycles. The van der Waals surface area contributed by atoms with Crippen LogP contribution in [0.3, 0.4) is 0 Å². The van der Waals surface area contributed by atoms with Gasteiger partial charge < -0.3 is 9.73 Å². The summed E-state index contributed by atoms with van der Waals surface area (Å²) in [7, 11) is -1.77. The van der Waals surface area contributed by atoms with Gasteiger partial charge in [-0.05, 0) is 47.7 Å². The lowest BCUT2D eigenvalue weighted by Crippen LogP contribution is -2.37. The summed E-state index contributed by atoms with van der Waals surface area (Å²) in [5.74, 6) is 1.56. The Bertz CT molecular complexity index is 585. The Balaban J connectivity index is 2.15. The highest BCUT2D eigenvalue weighted by Crippen LogP contribution is 2.35. The summed E-state index contributed by atoms with van der Waals surface area (Å²) in [6.07, 6.45) is 3.08. The van der Waals surface area contributed by atoms with Crippen LogP contribution in [0.2, 0.25) is 0 Å². The average molecular weight is 379 g/mol. The second-order valence-electron chi connectivity index (χ2n) is 5.71. The molecule has 0 spiro atoms. The van der Waals surface area contributed by atoms with Gasteiger partial charge in [0.05, 0.1) is 6.54 Å². The Morgan fingerprint density at radius 2 is 2.14 bits per heavy atom. The summed E-state index contributed by atoms with van der Waals surface area (Å²) >= 11 is 3.20. The lowest BCUT2D eigenvalue weighted by molar-refractivity contribution is 0.368. The van der Waals surface area contributed by atoms with E-state index in [4.69, 9.17) is 4.42 Å². The van der Waals surface area contributed by atoms with Gasteiger partial charge in [0.15, 0.2) is 4.67 Å². The van der Waals surface area contributed by atoms with Crippen LogP contribution in [0.15, 0.2) is 20.0 Å². The molecular formula is C14H23BrN2O3S. The van der Waals surface area contributed by atoms with Gasteiger partial charge in [-0.2, -0.15) is 0 Å². The van der Waals surface area contributed by atoms with Gasteiger partial charge in [-0.25, -0.2) is 13.1 Å². The summed E-state index contributed by atoms with van der Waals surface area (Å²) in [5.41, 5.74) is 0. The number of rotatable bonds is 6. The van der Waals surface area contributed by atoms with Crippen LogP contribution in [0, 0.1) is 11.8 Å². The molecule has 1 fully saturated rings.